The maximum atomic E-state index is 13.6. The number of nitrogens with zero attached hydrogens (tertiary/aromatic N) is 1. The van der Waals surface area contributed by atoms with Gasteiger partial charge in [0.25, 0.3) is 0 Å². The molecule has 4 rings (SSSR count). The van der Waals surface area contributed by atoms with Crippen LogP contribution in [0, 0.1) is 24.7 Å². The van der Waals surface area contributed by atoms with Crippen LogP contribution in [0.15, 0.2) is 4.52 Å². The quantitative estimate of drug-likeness (QED) is 0.932. The average Bonchev–Trinajstić information content (AvgIpc) is 3.00. The second-order valence-corrected chi connectivity index (χ2v) is 6.76. The van der Waals surface area contributed by atoms with E-state index in [-0.39, 0.29) is 23.7 Å². The molecule has 4 atom stereocenters. The first kappa shape index (κ1) is 14.2. The summed E-state index contributed by atoms with van der Waals surface area (Å²) in [7, 11) is 0. The van der Waals surface area contributed by atoms with E-state index in [9.17, 15) is 9.18 Å². The molecule has 2 heterocycles. The van der Waals surface area contributed by atoms with Crippen molar-refractivity contribution in [2.24, 2.45) is 17.8 Å². The van der Waals surface area contributed by atoms with Gasteiger partial charge >= 0.3 is 0 Å². The lowest BCUT2D eigenvalue weighted by Crippen LogP contribution is -2.19. The molecule has 2 saturated carbocycles. The van der Waals surface area contributed by atoms with Crippen molar-refractivity contribution in [1.29, 1.82) is 0 Å². The minimum absolute atomic E-state index is 0.0711. The molecular weight excluding hydrogens is 287 g/mol. The minimum atomic E-state index is -0.811. The molecule has 2 aliphatic carbocycles. The molecule has 1 aromatic heterocycles. The Kier molecular flexibility index (Phi) is 3.44. The Morgan fingerprint density at radius 2 is 2.05 bits per heavy atom. The molecule has 3 fully saturated rings. The third-order valence-electron chi connectivity index (χ3n) is 5.53. The number of amides is 1. The van der Waals surface area contributed by atoms with Crippen molar-refractivity contribution in [2.45, 2.75) is 44.7 Å². The third-order valence-corrected chi connectivity index (χ3v) is 5.53. The number of alkyl halides is 1. The lowest BCUT2D eigenvalue weighted by atomic mass is 9.94. The van der Waals surface area contributed by atoms with Crippen molar-refractivity contribution in [3.05, 3.63) is 11.3 Å². The van der Waals surface area contributed by atoms with Crippen molar-refractivity contribution >= 4 is 11.8 Å². The van der Waals surface area contributed by atoms with E-state index in [1.165, 1.54) is 0 Å². The topological polar surface area (TPSA) is 64.4 Å². The number of carbonyl (C=O) groups excluding carboxylic acids is 1. The Labute approximate surface area is 128 Å². The monoisotopic (exact) mass is 308 g/mol. The van der Waals surface area contributed by atoms with Crippen molar-refractivity contribution in [2.75, 3.05) is 18.5 Å². The van der Waals surface area contributed by atoms with E-state index in [1.54, 1.807) is 0 Å². The number of hydrogen-bond acceptors (Lipinski definition) is 4. The minimum Gasteiger partial charge on any atom is -0.381 e. The summed E-state index contributed by atoms with van der Waals surface area (Å²) in [4.78, 5) is 12.3. The van der Waals surface area contributed by atoms with Crippen LogP contribution in [0.1, 0.15) is 42.9 Å². The van der Waals surface area contributed by atoms with Gasteiger partial charge in [0.1, 0.15) is 6.17 Å². The molecule has 1 amide bonds. The van der Waals surface area contributed by atoms with Crippen LogP contribution in [0.5, 0.6) is 0 Å². The van der Waals surface area contributed by atoms with E-state index in [0.717, 1.165) is 43.7 Å². The van der Waals surface area contributed by atoms with E-state index in [0.29, 0.717) is 18.2 Å². The molecule has 0 radical (unpaired) electrons. The lowest BCUT2D eigenvalue weighted by molar-refractivity contribution is -0.118. The summed E-state index contributed by atoms with van der Waals surface area (Å²) in [5.41, 5.74) is 1.81. The van der Waals surface area contributed by atoms with Gasteiger partial charge in [0.2, 0.25) is 11.8 Å². The number of fused-ring (bicyclic) bond motifs is 1. The number of hydrogen-bond donors (Lipinski definition) is 1. The van der Waals surface area contributed by atoms with E-state index >= 15 is 0 Å². The Hall–Kier alpha value is -1.43. The van der Waals surface area contributed by atoms with Crippen molar-refractivity contribution in [3.63, 3.8) is 0 Å². The molecule has 1 N–H and O–H groups in total. The number of rotatable bonds is 3. The van der Waals surface area contributed by atoms with E-state index in [2.05, 4.69) is 10.5 Å². The van der Waals surface area contributed by atoms with Crippen LogP contribution in [0.2, 0.25) is 0 Å². The van der Waals surface area contributed by atoms with Crippen LogP contribution in [0.25, 0.3) is 0 Å². The molecule has 0 spiro atoms. The Bertz CT molecular complexity index is 582. The van der Waals surface area contributed by atoms with Crippen molar-refractivity contribution in [1.82, 2.24) is 5.16 Å². The molecule has 120 valence electrons. The van der Waals surface area contributed by atoms with Gasteiger partial charge in [0, 0.05) is 36.5 Å². The average molecular weight is 308 g/mol. The summed E-state index contributed by atoms with van der Waals surface area (Å²) in [6, 6.07) is 0. The molecule has 0 bridgehead atoms. The fraction of sp³-hybridized carbons (Fsp3) is 0.750. The molecule has 5 nitrogen and oxygen atoms in total. The molecule has 6 heteroatoms. The second kappa shape index (κ2) is 5.33. The fourth-order valence-electron chi connectivity index (χ4n) is 4.19. The molecule has 22 heavy (non-hydrogen) atoms. The smallest absolute Gasteiger partial charge is 0.234 e. The highest BCUT2D eigenvalue weighted by Gasteiger charge is 2.62. The molecular formula is C16H21FN2O3. The molecule has 3 aliphatic rings. The summed E-state index contributed by atoms with van der Waals surface area (Å²) in [5.74, 6) is 0.617. The van der Waals surface area contributed by atoms with Crippen LogP contribution in [-0.2, 0) is 9.53 Å². The fourth-order valence-corrected chi connectivity index (χ4v) is 4.19. The Morgan fingerprint density at radius 3 is 2.73 bits per heavy atom. The zero-order valence-corrected chi connectivity index (χ0v) is 12.7. The second-order valence-electron chi connectivity index (χ2n) is 6.76. The van der Waals surface area contributed by atoms with Crippen LogP contribution >= 0.6 is 0 Å². The van der Waals surface area contributed by atoms with Gasteiger partial charge in [-0.15, -0.1) is 0 Å². The summed E-state index contributed by atoms with van der Waals surface area (Å²) < 4.78 is 24.3. The number of anilines is 1. The number of ether oxygens (including phenoxy) is 1. The van der Waals surface area contributed by atoms with Gasteiger partial charge in [-0.2, -0.15) is 0 Å². The van der Waals surface area contributed by atoms with Gasteiger partial charge in [0.05, 0.1) is 5.69 Å². The first-order valence-electron chi connectivity index (χ1n) is 8.15. The summed E-state index contributed by atoms with van der Waals surface area (Å²) in [5, 5.41) is 6.95. The normalized spacial score (nSPS) is 34.5. The maximum Gasteiger partial charge on any atom is 0.234 e. The highest BCUT2D eigenvalue weighted by Crippen LogP contribution is 2.59. The maximum absolute atomic E-state index is 13.6. The largest absolute Gasteiger partial charge is 0.381 e. The van der Waals surface area contributed by atoms with E-state index in [4.69, 9.17) is 9.26 Å². The van der Waals surface area contributed by atoms with Crippen LogP contribution in [0.3, 0.4) is 0 Å². The van der Waals surface area contributed by atoms with E-state index in [1.807, 2.05) is 6.92 Å². The number of halogens is 1. The van der Waals surface area contributed by atoms with Gasteiger partial charge in [0.15, 0.2) is 0 Å². The zero-order valence-electron chi connectivity index (χ0n) is 12.7. The zero-order chi connectivity index (χ0) is 15.3. The standard InChI is InChI=1S/C16H21FN2O3/c1-8-14(9-4-6-21-7-5-9)19-22-16(8)18-15(20)13-10-2-3-11(17)12(10)13/h9-13H,2-7H2,1H3,(H,18,20). The molecule has 1 aliphatic heterocycles. The number of carbonyl (C=O) groups is 1. The van der Waals surface area contributed by atoms with Gasteiger partial charge in [-0.1, -0.05) is 5.16 Å². The van der Waals surface area contributed by atoms with Crippen molar-refractivity contribution in [3.8, 4) is 0 Å². The molecule has 0 aromatic carbocycles. The summed E-state index contributed by atoms with van der Waals surface area (Å²) >= 11 is 0. The molecule has 4 unspecified atom stereocenters. The predicted octanol–water partition coefficient (Wildman–Crippen LogP) is 2.81. The summed E-state index contributed by atoms with van der Waals surface area (Å²) in [6.07, 6.45) is 2.48. The Balaban J connectivity index is 1.43. The van der Waals surface area contributed by atoms with Gasteiger partial charge in [-0.3, -0.25) is 10.1 Å². The molecule has 1 aromatic rings. The SMILES string of the molecule is Cc1c(C2CCOCC2)noc1NC(=O)C1C2CCC(F)C21. The Morgan fingerprint density at radius 1 is 1.27 bits per heavy atom. The van der Waals surface area contributed by atoms with Crippen LogP contribution in [0.4, 0.5) is 10.3 Å². The van der Waals surface area contributed by atoms with Crippen LogP contribution in [-0.4, -0.2) is 30.4 Å². The number of nitrogens with one attached hydrogen (secondary N) is 1. The van der Waals surface area contributed by atoms with Gasteiger partial charge in [-0.05, 0) is 38.5 Å². The number of aromatic nitrogens is 1. The first-order chi connectivity index (χ1) is 10.7. The highest BCUT2D eigenvalue weighted by molar-refractivity contribution is 5.94. The van der Waals surface area contributed by atoms with Gasteiger partial charge in [-0.25, -0.2) is 4.39 Å². The molecule has 1 saturated heterocycles. The van der Waals surface area contributed by atoms with Crippen LogP contribution < -0.4 is 5.32 Å². The van der Waals surface area contributed by atoms with Crippen molar-refractivity contribution < 1.29 is 18.4 Å². The first-order valence-corrected chi connectivity index (χ1v) is 8.15. The van der Waals surface area contributed by atoms with E-state index < -0.39 is 6.17 Å². The highest BCUT2D eigenvalue weighted by atomic mass is 19.1. The summed E-state index contributed by atoms with van der Waals surface area (Å²) in [6.45, 7) is 3.40. The lowest BCUT2D eigenvalue weighted by Gasteiger charge is -2.20. The predicted molar refractivity (Wildman–Crippen MR) is 77.3 cm³/mol. The van der Waals surface area contributed by atoms with Gasteiger partial charge < -0.3 is 9.26 Å². The third kappa shape index (κ3) is 2.24.